The number of aromatic hydroxyl groups is 1. The Morgan fingerprint density at radius 2 is 1.60 bits per heavy atom. The third-order valence-electron chi connectivity index (χ3n) is 4.08. The minimum atomic E-state index is 0.248. The van der Waals surface area contributed by atoms with Crippen molar-refractivity contribution < 1.29 is 5.11 Å². The standard InChI is InChI=1S/C20H17N3OS/c24-17-10-8-16(9-11-17)19-21-22-20(18-7-4-14-25-18)23(19)13-12-15-5-2-1-3-6-15/h1-11,14,24H,12-13H2. The Morgan fingerprint density at radius 1 is 0.840 bits per heavy atom. The van der Waals surface area contributed by atoms with Crippen LogP contribution in [0.5, 0.6) is 5.75 Å². The monoisotopic (exact) mass is 347 g/mol. The molecule has 2 heterocycles. The van der Waals surface area contributed by atoms with Gasteiger partial charge in [0.05, 0.1) is 4.88 Å². The van der Waals surface area contributed by atoms with Gasteiger partial charge in [0.25, 0.3) is 0 Å². The SMILES string of the molecule is Oc1ccc(-c2nnc(-c3cccs3)n2CCc2ccccc2)cc1. The number of hydrogen-bond acceptors (Lipinski definition) is 4. The van der Waals surface area contributed by atoms with Crippen LogP contribution in [0.2, 0.25) is 0 Å². The van der Waals surface area contributed by atoms with E-state index in [0.717, 1.165) is 35.1 Å². The quantitative estimate of drug-likeness (QED) is 0.573. The normalized spacial score (nSPS) is 10.9. The summed E-state index contributed by atoms with van der Waals surface area (Å²) in [6.07, 6.45) is 0.905. The van der Waals surface area contributed by atoms with Crippen molar-refractivity contribution in [1.29, 1.82) is 0 Å². The van der Waals surface area contributed by atoms with Gasteiger partial charge in [0.2, 0.25) is 0 Å². The molecule has 4 aromatic rings. The van der Waals surface area contributed by atoms with Gasteiger partial charge in [-0.2, -0.15) is 0 Å². The van der Waals surface area contributed by atoms with Gasteiger partial charge in [-0.25, -0.2) is 0 Å². The Kier molecular flexibility index (Phi) is 4.31. The van der Waals surface area contributed by atoms with Crippen LogP contribution >= 0.6 is 11.3 Å². The van der Waals surface area contributed by atoms with E-state index in [9.17, 15) is 5.11 Å². The van der Waals surface area contributed by atoms with Crippen molar-refractivity contribution in [3.05, 3.63) is 77.7 Å². The summed E-state index contributed by atoms with van der Waals surface area (Å²) in [5, 5.41) is 20.4. The molecule has 0 unspecified atom stereocenters. The zero-order valence-corrected chi connectivity index (χ0v) is 14.4. The average molecular weight is 347 g/mol. The summed E-state index contributed by atoms with van der Waals surface area (Å²) in [5.74, 6) is 1.95. The van der Waals surface area contributed by atoms with Crippen molar-refractivity contribution in [3.63, 3.8) is 0 Å². The lowest BCUT2D eigenvalue weighted by Gasteiger charge is -2.10. The second-order valence-corrected chi connectivity index (χ2v) is 6.71. The van der Waals surface area contributed by atoms with Crippen LogP contribution in [0.1, 0.15) is 5.56 Å². The topological polar surface area (TPSA) is 50.9 Å². The Labute approximate surface area is 150 Å². The molecule has 0 amide bonds. The van der Waals surface area contributed by atoms with Crippen molar-refractivity contribution in [2.75, 3.05) is 0 Å². The maximum atomic E-state index is 9.54. The number of phenols is 1. The summed E-state index contributed by atoms with van der Waals surface area (Å²) in [6.45, 7) is 0.792. The van der Waals surface area contributed by atoms with Gasteiger partial charge < -0.3 is 9.67 Å². The second kappa shape index (κ2) is 6.91. The summed E-state index contributed by atoms with van der Waals surface area (Å²) in [7, 11) is 0. The highest BCUT2D eigenvalue weighted by molar-refractivity contribution is 7.13. The summed E-state index contributed by atoms with van der Waals surface area (Å²) >= 11 is 1.66. The number of nitrogens with zero attached hydrogens (tertiary/aromatic N) is 3. The average Bonchev–Trinajstić information content (AvgIpc) is 3.31. The maximum Gasteiger partial charge on any atom is 0.174 e. The molecule has 4 rings (SSSR count). The van der Waals surface area contributed by atoms with E-state index in [2.05, 4.69) is 45.1 Å². The third-order valence-corrected chi connectivity index (χ3v) is 4.95. The molecule has 0 saturated carbocycles. The smallest absolute Gasteiger partial charge is 0.174 e. The zero-order chi connectivity index (χ0) is 17.1. The fraction of sp³-hybridized carbons (Fsp3) is 0.100. The lowest BCUT2D eigenvalue weighted by Crippen LogP contribution is -2.05. The molecule has 0 saturated heterocycles. The van der Waals surface area contributed by atoms with E-state index in [4.69, 9.17) is 0 Å². The highest BCUT2D eigenvalue weighted by Gasteiger charge is 2.16. The summed E-state index contributed by atoms with van der Waals surface area (Å²) in [6, 6.07) is 21.6. The number of hydrogen-bond donors (Lipinski definition) is 1. The van der Waals surface area contributed by atoms with Crippen LogP contribution in [0.3, 0.4) is 0 Å². The Hall–Kier alpha value is -2.92. The Balaban J connectivity index is 1.72. The highest BCUT2D eigenvalue weighted by Crippen LogP contribution is 2.28. The summed E-state index contributed by atoms with van der Waals surface area (Å²) in [5.41, 5.74) is 2.23. The second-order valence-electron chi connectivity index (χ2n) is 5.76. The van der Waals surface area contributed by atoms with Crippen molar-refractivity contribution in [2.24, 2.45) is 0 Å². The van der Waals surface area contributed by atoms with Crippen molar-refractivity contribution in [1.82, 2.24) is 14.8 Å². The lowest BCUT2D eigenvalue weighted by atomic mass is 10.1. The first-order chi connectivity index (χ1) is 12.3. The first kappa shape index (κ1) is 15.6. The summed E-state index contributed by atoms with van der Waals surface area (Å²) in [4.78, 5) is 1.10. The fourth-order valence-corrected chi connectivity index (χ4v) is 3.53. The molecule has 0 radical (unpaired) electrons. The van der Waals surface area contributed by atoms with Gasteiger partial charge in [0.1, 0.15) is 5.75 Å². The fourth-order valence-electron chi connectivity index (χ4n) is 2.81. The molecule has 2 aromatic carbocycles. The number of phenolic OH excluding ortho intramolecular Hbond substituents is 1. The predicted molar refractivity (Wildman–Crippen MR) is 101 cm³/mol. The predicted octanol–water partition coefficient (Wildman–Crippen LogP) is 4.62. The van der Waals surface area contributed by atoms with Crippen LogP contribution in [-0.2, 0) is 13.0 Å². The van der Waals surface area contributed by atoms with E-state index < -0.39 is 0 Å². The minimum Gasteiger partial charge on any atom is -0.508 e. The molecule has 0 spiro atoms. The number of thiophene rings is 1. The van der Waals surface area contributed by atoms with Crippen molar-refractivity contribution in [3.8, 4) is 27.8 Å². The van der Waals surface area contributed by atoms with Crippen molar-refractivity contribution >= 4 is 11.3 Å². The first-order valence-corrected chi connectivity index (χ1v) is 8.99. The van der Waals surface area contributed by atoms with E-state index in [1.165, 1.54) is 5.56 Å². The highest BCUT2D eigenvalue weighted by atomic mass is 32.1. The molecule has 1 N–H and O–H groups in total. The largest absolute Gasteiger partial charge is 0.508 e. The molecule has 0 aliphatic carbocycles. The maximum absolute atomic E-state index is 9.54. The van der Waals surface area contributed by atoms with E-state index >= 15 is 0 Å². The molecular weight excluding hydrogens is 330 g/mol. The molecule has 4 nitrogen and oxygen atoms in total. The van der Waals surface area contributed by atoms with E-state index in [1.54, 1.807) is 23.5 Å². The van der Waals surface area contributed by atoms with Crippen LogP contribution in [-0.4, -0.2) is 19.9 Å². The van der Waals surface area contributed by atoms with Crippen LogP contribution in [0.4, 0.5) is 0 Å². The molecule has 0 aliphatic heterocycles. The van der Waals surface area contributed by atoms with Gasteiger partial charge in [-0.15, -0.1) is 21.5 Å². The van der Waals surface area contributed by atoms with E-state index in [1.807, 2.05) is 29.6 Å². The van der Waals surface area contributed by atoms with Gasteiger partial charge in [-0.1, -0.05) is 36.4 Å². The third kappa shape index (κ3) is 3.32. The molecule has 0 atom stereocenters. The van der Waals surface area contributed by atoms with Gasteiger partial charge in [0, 0.05) is 12.1 Å². The number of rotatable bonds is 5. The van der Waals surface area contributed by atoms with Crippen LogP contribution in [0.15, 0.2) is 72.1 Å². The van der Waals surface area contributed by atoms with E-state index in [0.29, 0.717) is 0 Å². The summed E-state index contributed by atoms with van der Waals surface area (Å²) < 4.78 is 2.16. The van der Waals surface area contributed by atoms with Gasteiger partial charge in [-0.3, -0.25) is 0 Å². The Morgan fingerprint density at radius 3 is 2.32 bits per heavy atom. The molecular formula is C20H17N3OS. The molecule has 124 valence electrons. The number of aryl methyl sites for hydroxylation is 1. The molecule has 0 fully saturated rings. The minimum absolute atomic E-state index is 0.248. The molecule has 5 heteroatoms. The van der Waals surface area contributed by atoms with Crippen LogP contribution in [0.25, 0.3) is 22.1 Å². The number of aromatic nitrogens is 3. The zero-order valence-electron chi connectivity index (χ0n) is 13.5. The first-order valence-electron chi connectivity index (χ1n) is 8.12. The Bertz CT molecular complexity index is 945. The lowest BCUT2D eigenvalue weighted by molar-refractivity contribution is 0.475. The van der Waals surface area contributed by atoms with Gasteiger partial charge in [-0.05, 0) is 47.7 Å². The van der Waals surface area contributed by atoms with Gasteiger partial charge >= 0.3 is 0 Å². The van der Waals surface area contributed by atoms with E-state index in [-0.39, 0.29) is 5.75 Å². The van der Waals surface area contributed by atoms with Crippen LogP contribution in [0, 0.1) is 0 Å². The molecule has 0 bridgehead atoms. The molecule has 0 aliphatic rings. The van der Waals surface area contributed by atoms with Crippen molar-refractivity contribution in [2.45, 2.75) is 13.0 Å². The van der Waals surface area contributed by atoms with Gasteiger partial charge in [0.15, 0.2) is 11.6 Å². The number of benzene rings is 2. The molecule has 2 aromatic heterocycles. The molecule has 25 heavy (non-hydrogen) atoms. The van der Waals surface area contributed by atoms with Crippen LogP contribution < -0.4 is 0 Å².